The number of alkyl halides is 1. The zero-order valence-electron chi connectivity index (χ0n) is 7.78. The van der Waals surface area contributed by atoms with Crippen molar-refractivity contribution >= 4 is 21.8 Å². The van der Waals surface area contributed by atoms with E-state index < -0.39 is 0 Å². The maximum atomic E-state index is 11.4. The third-order valence-electron chi connectivity index (χ3n) is 2.38. The van der Waals surface area contributed by atoms with Crippen LogP contribution in [0.25, 0.3) is 0 Å². The van der Waals surface area contributed by atoms with Crippen molar-refractivity contribution in [3.8, 4) is 0 Å². The van der Waals surface area contributed by atoms with Crippen LogP contribution in [0.2, 0.25) is 0 Å². The Kier molecular flexibility index (Phi) is 2.91. The van der Waals surface area contributed by atoms with Crippen LogP contribution >= 0.6 is 15.9 Å². The molecule has 1 saturated heterocycles. The van der Waals surface area contributed by atoms with Gasteiger partial charge in [0.2, 0.25) is 5.91 Å². The van der Waals surface area contributed by atoms with Gasteiger partial charge in [-0.3, -0.25) is 4.79 Å². The van der Waals surface area contributed by atoms with E-state index in [9.17, 15) is 4.79 Å². The summed E-state index contributed by atoms with van der Waals surface area (Å²) < 4.78 is 5.21. The zero-order valence-corrected chi connectivity index (χ0v) is 9.37. The van der Waals surface area contributed by atoms with E-state index in [0.29, 0.717) is 11.2 Å². The van der Waals surface area contributed by atoms with E-state index in [1.54, 1.807) is 6.26 Å². The summed E-state index contributed by atoms with van der Waals surface area (Å²) in [5, 5.41) is 0. The van der Waals surface area contributed by atoms with Gasteiger partial charge in [0.1, 0.15) is 5.76 Å². The number of halogens is 1. The molecule has 1 aliphatic rings. The average molecular weight is 258 g/mol. The molecule has 4 heteroatoms. The standard InChI is InChI=1S/C10H12BrNO2/c11-8-6-10(13)12(7-8)4-3-9-2-1-5-14-9/h1-2,5,8H,3-4,6-7H2. The first kappa shape index (κ1) is 9.77. The molecule has 1 aliphatic heterocycles. The third kappa shape index (κ3) is 2.18. The Hall–Kier alpha value is -0.770. The number of furan rings is 1. The quantitative estimate of drug-likeness (QED) is 0.775. The molecular weight excluding hydrogens is 246 g/mol. The first-order valence-corrected chi connectivity index (χ1v) is 5.61. The monoisotopic (exact) mass is 257 g/mol. The lowest BCUT2D eigenvalue weighted by atomic mass is 10.3. The number of amides is 1. The van der Waals surface area contributed by atoms with Crippen LogP contribution in [-0.4, -0.2) is 28.7 Å². The van der Waals surface area contributed by atoms with Crippen molar-refractivity contribution in [2.24, 2.45) is 0 Å². The molecule has 1 amide bonds. The summed E-state index contributed by atoms with van der Waals surface area (Å²) in [4.78, 5) is 13.6. The van der Waals surface area contributed by atoms with E-state index in [0.717, 1.165) is 25.3 Å². The molecule has 0 bridgehead atoms. The molecule has 1 aromatic heterocycles. The van der Waals surface area contributed by atoms with Crippen molar-refractivity contribution in [1.82, 2.24) is 4.90 Å². The number of nitrogens with zero attached hydrogens (tertiary/aromatic N) is 1. The second-order valence-electron chi connectivity index (χ2n) is 3.47. The molecule has 76 valence electrons. The second kappa shape index (κ2) is 4.17. The average Bonchev–Trinajstić information content (AvgIpc) is 2.72. The maximum Gasteiger partial charge on any atom is 0.223 e. The Morgan fingerprint density at radius 3 is 3.07 bits per heavy atom. The van der Waals surface area contributed by atoms with E-state index in [-0.39, 0.29) is 5.91 Å². The molecule has 0 aromatic carbocycles. The van der Waals surface area contributed by atoms with Gasteiger partial charge < -0.3 is 9.32 Å². The summed E-state index contributed by atoms with van der Waals surface area (Å²) in [6.45, 7) is 1.58. The Balaban J connectivity index is 1.84. The lowest BCUT2D eigenvalue weighted by molar-refractivity contribution is -0.127. The normalized spacial score (nSPS) is 21.9. The molecule has 1 aromatic rings. The van der Waals surface area contributed by atoms with Gasteiger partial charge in [-0.2, -0.15) is 0 Å². The summed E-state index contributed by atoms with van der Waals surface area (Å²) in [6, 6.07) is 3.81. The van der Waals surface area contributed by atoms with Gasteiger partial charge in [0.15, 0.2) is 0 Å². The van der Waals surface area contributed by atoms with Crippen LogP contribution in [-0.2, 0) is 11.2 Å². The number of carbonyl (C=O) groups is 1. The number of hydrogen-bond acceptors (Lipinski definition) is 2. The fourth-order valence-electron chi connectivity index (χ4n) is 1.64. The summed E-state index contributed by atoms with van der Waals surface area (Å²) in [5.74, 6) is 1.18. The van der Waals surface area contributed by atoms with Crippen molar-refractivity contribution in [2.75, 3.05) is 13.1 Å². The molecule has 0 saturated carbocycles. The SMILES string of the molecule is O=C1CC(Br)CN1CCc1ccco1. The van der Waals surface area contributed by atoms with Gasteiger partial charge in [0.25, 0.3) is 0 Å². The molecule has 1 atom stereocenters. The predicted molar refractivity (Wildman–Crippen MR) is 56.3 cm³/mol. The fourth-order valence-corrected chi connectivity index (χ4v) is 2.27. The summed E-state index contributed by atoms with van der Waals surface area (Å²) in [5.41, 5.74) is 0. The van der Waals surface area contributed by atoms with Gasteiger partial charge in [-0.15, -0.1) is 0 Å². The zero-order chi connectivity index (χ0) is 9.97. The van der Waals surface area contributed by atoms with E-state index in [4.69, 9.17) is 4.42 Å². The largest absolute Gasteiger partial charge is 0.469 e. The minimum absolute atomic E-state index is 0.235. The lowest BCUT2D eigenvalue weighted by Gasteiger charge is -2.14. The highest BCUT2D eigenvalue weighted by Crippen LogP contribution is 2.18. The molecular formula is C10H12BrNO2. The topological polar surface area (TPSA) is 33.5 Å². The number of likely N-dealkylation sites (tertiary alicyclic amines) is 1. The Labute approximate surface area is 91.2 Å². The summed E-state index contributed by atoms with van der Waals surface area (Å²) >= 11 is 3.45. The predicted octanol–water partition coefficient (Wildman–Crippen LogP) is 1.82. The van der Waals surface area contributed by atoms with E-state index >= 15 is 0 Å². The minimum Gasteiger partial charge on any atom is -0.469 e. The van der Waals surface area contributed by atoms with Crippen molar-refractivity contribution in [3.63, 3.8) is 0 Å². The summed E-state index contributed by atoms with van der Waals surface area (Å²) in [7, 11) is 0. The molecule has 0 aliphatic carbocycles. The van der Waals surface area contributed by atoms with Gasteiger partial charge in [0, 0.05) is 30.8 Å². The molecule has 0 N–H and O–H groups in total. The molecule has 0 spiro atoms. The van der Waals surface area contributed by atoms with E-state index in [1.165, 1.54) is 0 Å². The van der Waals surface area contributed by atoms with Crippen molar-refractivity contribution in [2.45, 2.75) is 17.7 Å². The highest BCUT2D eigenvalue weighted by Gasteiger charge is 2.27. The van der Waals surface area contributed by atoms with Crippen LogP contribution in [0.4, 0.5) is 0 Å². The molecule has 2 rings (SSSR count). The second-order valence-corrected chi connectivity index (χ2v) is 4.77. The van der Waals surface area contributed by atoms with Crippen molar-refractivity contribution in [1.29, 1.82) is 0 Å². The molecule has 14 heavy (non-hydrogen) atoms. The van der Waals surface area contributed by atoms with Crippen LogP contribution in [0.3, 0.4) is 0 Å². The third-order valence-corrected chi connectivity index (χ3v) is 2.99. The summed E-state index contributed by atoms with van der Waals surface area (Å²) in [6.07, 6.45) is 3.09. The first-order valence-electron chi connectivity index (χ1n) is 4.70. The van der Waals surface area contributed by atoms with Crippen LogP contribution < -0.4 is 0 Å². The van der Waals surface area contributed by atoms with E-state index in [2.05, 4.69) is 15.9 Å². The fraction of sp³-hybridized carbons (Fsp3) is 0.500. The number of hydrogen-bond donors (Lipinski definition) is 0. The Morgan fingerprint density at radius 2 is 2.50 bits per heavy atom. The molecule has 0 radical (unpaired) electrons. The van der Waals surface area contributed by atoms with Crippen LogP contribution in [0.15, 0.2) is 22.8 Å². The highest BCUT2D eigenvalue weighted by atomic mass is 79.9. The molecule has 3 nitrogen and oxygen atoms in total. The Bertz CT molecular complexity index is 310. The van der Waals surface area contributed by atoms with Crippen LogP contribution in [0, 0.1) is 0 Å². The van der Waals surface area contributed by atoms with Crippen LogP contribution in [0.1, 0.15) is 12.2 Å². The van der Waals surface area contributed by atoms with Gasteiger partial charge in [-0.1, -0.05) is 15.9 Å². The van der Waals surface area contributed by atoms with Gasteiger partial charge in [0.05, 0.1) is 6.26 Å². The minimum atomic E-state index is 0.235. The molecule has 1 fully saturated rings. The molecule has 2 heterocycles. The lowest BCUT2D eigenvalue weighted by Crippen LogP contribution is -2.27. The Morgan fingerprint density at radius 1 is 1.64 bits per heavy atom. The van der Waals surface area contributed by atoms with Gasteiger partial charge in [-0.25, -0.2) is 0 Å². The molecule has 1 unspecified atom stereocenters. The smallest absolute Gasteiger partial charge is 0.223 e. The van der Waals surface area contributed by atoms with Gasteiger partial charge >= 0.3 is 0 Å². The van der Waals surface area contributed by atoms with Gasteiger partial charge in [-0.05, 0) is 12.1 Å². The number of carbonyl (C=O) groups excluding carboxylic acids is 1. The van der Waals surface area contributed by atoms with Crippen LogP contribution in [0.5, 0.6) is 0 Å². The van der Waals surface area contributed by atoms with Crippen molar-refractivity contribution < 1.29 is 9.21 Å². The van der Waals surface area contributed by atoms with E-state index in [1.807, 2.05) is 17.0 Å². The first-order chi connectivity index (χ1) is 6.75. The van der Waals surface area contributed by atoms with Crippen molar-refractivity contribution in [3.05, 3.63) is 24.2 Å². The maximum absolute atomic E-state index is 11.4. The number of rotatable bonds is 3. The highest BCUT2D eigenvalue weighted by molar-refractivity contribution is 9.09.